The van der Waals surface area contributed by atoms with Gasteiger partial charge in [0, 0.05) is 23.1 Å². The number of hydrogen-bond donors (Lipinski definition) is 1. The van der Waals surface area contributed by atoms with E-state index in [-0.39, 0.29) is 11.4 Å². The highest BCUT2D eigenvalue weighted by Crippen LogP contribution is 2.32. The highest BCUT2D eigenvalue weighted by Gasteiger charge is 2.36. The molecule has 1 aliphatic rings. The summed E-state index contributed by atoms with van der Waals surface area (Å²) in [5.41, 5.74) is 2.53. The Bertz CT molecular complexity index is 1180. The van der Waals surface area contributed by atoms with Gasteiger partial charge in [-0.1, -0.05) is 23.7 Å². The zero-order valence-corrected chi connectivity index (χ0v) is 16.4. The molecule has 2 aromatic carbocycles. The van der Waals surface area contributed by atoms with Gasteiger partial charge in [0.2, 0.25) is 5.91 Å². The first-order chi connectivity index (χ1) is 14.0. The first kappa shape index (κ1) is 19.1. The number of halogens is 1. The molecule has 9 heteroatoms. The van der Waals surface area contributed by atoms with E-state index >= 15 is 0 Å². The van der Waals surface area contributed by atoms with E-state index in [2.05, 4.69) is 15.3 Å². The number of rotatable bonds is 4. The minimum absolute atomic E-state index is 0.242. The molecule has 4 rings (SSSR count). The summed E-state index contributed by atoms with van der Waals surface area (Å²) in [6.07, 6.45) is 4.72. The second-order valence-electron chi connectivity index (χ2n) is 6.13. The van der Waals surface area contributed by atoms with Crippen LogP contribution in [0.15, 0.2) is 59.8 Å². The number of fused-ring (bicyclic) bond motifs is 1. The summed E-state index contributed by atoms with van der Waals surface area (Å²) in [5.74, 6) is -1.00. The molecule has 144 valence electrons. The van der Waals surface area contributed by atoms with Crippen LogP contribution in [0.2, 0.25) is 5.02 Å². The Kier molecular flexibility index (Phi) is 5.28. The Morgan fingerprint density at radius 1 is 1.10 bits per heavy atom. The number of amides is 3. The molecule has 1 saturated heterocycles. The zero-order valence-electron chi connectivity index (χ0n) is 14.8. The maximum atomic E-state index is 12.6. The fourth-order valence-corrected chi connectivity index (χ4v) is 3.81. The Morgan fingerprint density at radius 3 is 2.69 bits per heavy atom. The normalized spacial score (nSPS) is 15.3. The molecule has 2 heterocycles. The van der Waals surface area contributed by atoms with Gasteiger partial charge in [-0.2, -0.15) is 0 Å². The Morgan fingerprint density at radius 2 is 1.90 bits per heavy atom. The minimum atomic E-state index is -0.514. The van der Waals surface area contributed by atoms with E-state index in [1.54, 1.807) is 60.9 Å². The van der Waals surface area contributed by atoms with Gasteiger partial charge in [0.15, 0.2) is 0 Å². The summed E-state index contributed by atoms with van der Waals surface area (Å²) in [7, 11) is 0. The largest absolute Gasteiger partial charge is 0.324 e. The summed E-state index contributed by atoms with van der Waals surface area (Å²) in [5, 5.41) is 2.70. The molecule has 1 N–H and O–H groups in total. The molecule has 7 nitrogen and oxygen atoms in total. The molecule has 1 fully saturated rings. The van der Waals surface area contributed by atoms with Gasteiger partial charge in [-0.3, -0.25) is 29.3 Å². The SMILES string of the molecule is O=C(CN1C(=O)S/C(=C\c2cccc(Cl)c2)C1=O)Nc1ccc2nccnc2c1. The molecule has 0 unspecified atom stereocenters. The van der Waals surface area contributed by atoms with Crippen LogP contribution in [0.5, 0.6) is 0 Å². The number of thioether (sulfide) groups is 1. The van der Waals surface area contributed by atoms with E-state index in [0.717, 1.165) is 16.7 Å². The van der Waals surface area contributed by atoms with E-state index in [0.29, 0.717) is 27.3 Å². The second-order valence-corrected chi connectivity index (χ2v) is 7.56. The Hall–Kier alpha value is -3.23. The fraction of sp³-hybridized carbons (Fsp3) is 0.0500. The monoisotopic (exact) mass is 424 g/mol. The number of hydrogen-bond acceptors (Lipinski definition) is 6. The lowest BCUT2D eigenvalue weighted by Crippen LogP contribution is -2.36. The van der Waals surface area contributed by atoms with Crippen molar-refractivity contribution in [1.82, 2.24) is 14.9 Å². The maximum absolute atomic E-state index is 12.6. The quantitative estimate of drug-likeness (QED) is 0.637. The van der Waals surface area contributed by atoms with Crippen molar-refractivity contribution >= 4 is 63.2 Å². The van der Waals surface area contributed by atoms with Crippen LogP contribution in [-0.4, -0.2) is 38.5 Å². The topological polar surface area (TPSA) is 92.3 Å². The van der Waals surface area contributed by atoms with E-state index in [9.17, 15) is 14.4 Å². The Labute approximate surface area is 174 Å². The highest BCUT2D eigenvalue weighted by atomic mass is 35.5. The van der Waals surface area contributed by atoms with Crippen molar-refractivity contribution in [3.8, 4) is 0 Å². The van der Waals surface area contributed by atoms with E-state index < -0.39 is 17.1 Å². The second kappa shape index (κ2) is 8.02. The smallest absolute Gasteiger partial charge is 0.294 e. The standard InChI is InChI=1S/C20H13ClN4O3S/c21-13-3-1-2-12(8-13)9-17-19(27)25(20(28)29-17)11-18(26)24-14-4-5-15-16(10-14)23-7-6-22-15/h1-10H,11H2,(H,24,26)/b17-9-. The summed E-state index contributed by atoms with van der Waals surface area (Å²) in [6, 6.07) is 12.0. The van der Waals surface area contributed by atoms with E-state index in [1.807, 2.05) is 0 Å². The molecule has 3 aromatic rings. The lowest BCUT2D eigenvalue weighted by atomic mass is 10.2. The molecule has 3 amide bonds. The molecular weight excluding hydrogens is 412 g/mol. The summed E-state index contributed by atoms with van der Waals surface area (Å²) >= 11 is 6.74. The number of nitrogens with one attached hydrogen (secondary N) is 1. The van der Waals surface area contributed by atoms with Crippen LogP contribution >= 0.6 is 23.4 Å². The summed E-state index contributed by atoms with van der Waals surface area (Å²) < 4.78 is 0. The number of carbonyl (C=O) groups excluding carboxylic acids is 3. The van der Waals surface area contributed by atoms with Gasteiger partial charge in [-0.05, 0) is 53.7 Å². The maximum Gasteiger partial charge on any atom is 0.294 e. The molecule has 0 aliphatic carbocycles. The van der Waals surface area contributed by atoms with Gasteiger partial charge < -0.3 is 5.32 Å². The number of benzene rings is 2. The van der Waals surface area contributed by atoms with E-state index in [4.69, 9.17) is 11.6 Å². The predicted molar refractivity (Wildman–Crippen MR) is 112 cm³/mol. The van der Waals surface area contributed by atoms with Crippen molar-refractivity contribution < 1.29 is 14.4 Å². The minimum Gasteiger partial charge on any atom is -0.324 e. The molecule has 1 aliphatic heterocycles. The van der Waals surface area contributed by atoms with Crippen LogP contribution in [0.4, 0.5) is 10.5 Å². The third-order valence-electron chi connectivity index (χ3n) is 4.07. The average Bonchev–Trinajstić information content (AvgIpc) is 2.95. The summed E-state index contributed by atoms with van der Waals surface area (Å²) in [4.78, 5) is 46.6. The zero-order chi connectivity index (χ0) is 20.4. The van der Waals surface area contributed by atoms with Gasteiger partial charge in [-0.15, -0.1) is 0 Å². The lowest BCUT2D eigenvalue weighted by molar-refractivity contribution is -0.127. The van der Waals surface area contributed by atoms with Crippen molar-refractivity contribution in [1.29, 1.82) is 0 Å². The first-order valence-corrected chi connectivity index (χ1v) is 9.70. The molecule has 1 aromatic heterocycles. The van der Waals surface area contributed by atoms with Gasteiger partial charge in [0.1, 0.15) is 6.54 Å². The van der Waals surface area contributed by atoms with Gasteiger partial charge in [0.05, 0.1) is 15.9 Å². The number of imide groups is 1. The van der Waals surface area contributed by atoms with Crippen LogP contribution in [-0.2, 0) is 9.59 Å². The van der Waals surface area contributed by atoms with Crippen LogP contribution in [0, 0.1) is 0 Å². The van der Waals surface area contributed by atoms with Crippen LogP contribution < -0.4 is 5.32 Å². The molecule has 0 radical (unpaired) electrons. The lowest BCUT2D eigenvalue weighted by Gasteiger charge is -2.12. The number of carbonyl (C=O) groups is 3. The number of nitrogens with zero attached hydrogens (tertiary/aromatic N) is 3. The molecule has 0 bridgehead atoms. The first-order valence-electron chi connectivity index (χ1n) is 8.51. The molecule has 0 saturated carbocycles. The third kappa shape index (κ3) is 4.28. The van der Waals surface area contributed by atoms with Gasteiger partial charge in [0.25, 0.3) is 11.1 Å². The molecule has 0 atom stereocenters. The van der Waals surface area contributed by atoms with Crippen molar-refractivity contribution in [3.05, 3.63) is 70.3 Å². The molecule has 0 spiro atoms. The molecular formula is C20H13ClN4O3S. The van der Waals surface area contributed by atoms with Crippen molar-refractivity contribution in [2.24, 2.45) is 0 Å². The molecule has 29 heavy (non-hydrogen) atoms. The van der Waals surface area contributed by atoms with E-state index in [1.165, 1.54) is 0 Å². The van der Waals surface area contributed by atoms with Crippen LogP contribution in [0.3, 0.4) is 0 Å². The van der Waals surface area contributed by atoms with Crippen LogP contribution in [0.25, 0.3) is 17.1 Å². The summed E-state index contributed by atoms with van der Waals surface area (Å²) in [6.45, 7) is -0.379. The van der Waals surface area contributed by atoms with Gasteiger partial charge in [-0.25, -0.2) is 0 Å². The fourth-order valence-electron chi connectivity index (χ4n) is 2.77. The van der Waals surface area contributed by atoms with Crippen molar-refractivity contribution in [3.63, 3.8) is 0 Å². The van der Waals surface area contributed by atoms with Crippen molar-refractivity contribution in [2.75, 3.05) is 11.9 Å². The predicted octanol–water partition coefficient (Wildman–Crippen LogP) is 3.96. The average molecular weight is 425 g/mol. The number of anilines is 1. The van der Waals surface area contributed by atoms with Crippen LogP contribution in [0.1, 0.15) is 5.56 Å². The van der Waals surface area contributed by atoms with Crippen molar-refractivity contribution in [2.45, 2.75) is 0 Å². The Balaban J connectivity index is 1.46. The third-order valence-corrected chi connectivity index (χ3v) is 5.22. The van der Waals surface area contributed by atoms with Gasteiger partial charge >= 0.3 is 0 Å². The number of aromatic nitrogens is 2. The highest BCUT2D eigenvalue weighted by molar-refractivity contribution is 8.18.